The zero-order chi connectivity index (χ0) is 17.0. The van der Waals surface area contributed by atoms with Crippen LogP contribution in [0.3, 0.4) is 0 Å². The van der Waals surface area contributed by atoms with Crippen molar-refractivity contribution >= 4 is 11.9 Å². The lowest BCUT2D eigenvalue weighted by atomic mass is 10.1. The first-order valence-corrected chi connectivity index (χ1v) is 7.12. The largest absolute Gasteiger partial charge is 0.480 e. The minimum Gasteiger partial charge on any atom is -0.480 e. The summed E-state index contributed by atoms with van der Waals surface area (Å²) in [5.74, 6) is -3.04. The maximum Gasteiger partial charge on any atom is 0.317 e. The molecule has 0 saturated carbocycles. The van der Waals surface area contributed by atoms with E-state index in [2.05, 4.69) is 0 Å². The van der Waals surface area contributed by atoms with Crippen LogP contribution < -0.4 is 0 Å². The molecule has 1 aromatic rings. The summed E-state index contributed by atoms with van der Waals surface area (Å²) >= 11 is 0. The van der Waals surface area contributed by atoms with E-state index in [-0.39, 0.29) is 31.4 Å². The number of carboxylic acids is 1. The first kappa shape index (κ1) is 17.3. The van der Waals surface area contributed by atoms with E-state index in [9.17, 15) is 18.4 Å². The molecule has 1 aliphatic heterocycles. The Morgan fingerprint density at radius 2 is 2.00 bits per heavy atom. The third-order valence-electron chi connectivity index (χ3n) is 3.46. The van der Waals surface area contributed by atoms with Crippen LogP contribution in [0.2, 0.25) is 0 Å². The first-order chi connectivity index (χ1) is 10.8. The molecule has 126 valence electrons. The highest BCUT2D eigenvalue weighted by Crippen LogP contribution is 2.14. The van der Waals surface area contributed by atoms with Crippen molar-refractivity contribution < 1.29 is 28.2 Å². The van der Waals surface area contributed by atoms with Crippen LogP contribution in [0.25, 0.3) is 0 Å². The molecule has 8 heteroatoms. The number of carboxylic acid groups (broad SMARTS) is 1. The van der Waals surface area contributed by atoms with Crippen molar-refractivity contribution in [2.75, 3.05) is 39.8 Å². The second-order valence-corrected chi connectivity index (χ2v) is 5.49. The third-order valence-corrected chi connectivity index (χ3v) is 3.46. The minimum absolute atomic E-state index is 0.0537. The summed E-state index contributed by atoms with van der Waals surface area (Å²) in [7, 11) is 1.64. The average molecular weight is 328 g/mol. The van der Waals surface area contributed by atoms with Gasteiger partial charge in [-0.1, -0.05) is 0 Å². The normalized spacial score (nSPS) is 18.3. The molecule has 0 aromatic heterocycles. The molecular formula is C15H18F2N2O4. The molecule has 1 unspecified atom stereocenters. The number of morpholine rings is 1. The van der Waals surface area contributed by atoms with E-state index in [0.29, 0.717) is 19.2 Å². The molecule has 0 radical (unpaired) electrons. The summed E-state index contributed by atoms with van der Waals surface area (Å²) in [4.78, 5) is 26.0. The summed E-state index contributed by atoms with van der Waals surface area (Å²) in [6.07, 6.45) is -0.351. The van der Waals surface area contributed by atoms with Crippen molar-refractivity contribution in [1.29, 1.82) is 0 Å². The number of nitrogens with zero attached hydrogens (tertiary/aromatic N) is 2. The zero-order valence-corrected chi connectivity index (χ0v) is 12.7. The van der Waals surface area contributed by atoms with Gasteiger partial charge in [0, 0.05) is 31.3 Å². The number of ether oxygens (including phenoxy) is 1. The van der Waals surface area contributed by atoms with E-state index in [1.165, 1.54) is 4.90 Å². The van der Waals surface area contributed by atoms with Gasteiger partial charge in [0.15, 0.2) is 0 Å². The van der Waals surface area contributed by atoms with Gasteiger partial charge in [-0.3, -0.25) is 14.5 Å². The van der Waals surface area contributed by atoms with Gasteiger partial charge in [-0.2, -0.15) is 0 Å². The molecule has 1 heterocycles. The van der Waals surface area contributed by atoms with E-state index in [1.54, 1.807) is 11.9 Å². The van der Waals surface area contributed by atoms with E-state index >= 15 is 0 Å². The van der Waals surface area contributed by atoms with Crippen LogP contribution in [0.1, 0.15) is 10.4 Å². The summed E-state index contributed by atoms with van der Waals surface area (Å²) in [6.45, 7) is 1.04. The van der Waals surface area contributed by atoms with Crippen molar-refractivity contribution in [3.63, 3.8) is 0 Å². The lowest BCUT2D eigenvalue weighted by Gasteiger charge is -2.34. The van der Waals surface area contributed by atoms with E-state index in [4.69, 9.17) is 9.84 Å². The van der Waals surface area contributed by atoms with Crippen LogP contribution in [-0.2, 0) is 9.53 Å². The fourth-order valence-corrected chi connectivity index (χ4v) is 2.52. The van der Waals surface area contributed by atoms with Crippen LogP contribution in [0.4, 0.5) is 8.78 Å². The molecule has 2 rings (SSSR count). The van der Waals surface area contributed by atoms with Gasteiger partial charge in [-0.15, -0.1) is 0 Å². The highest BCUT2D eigenvalue weighted by atomic mass is 19.1. The minimum atomic E-state index is -0.952. The van der Waals surface area contributed by atoms with E-state index in [0.717, 1.165) is 12.1 Å². The number of carbonyl (C=O) groups is 2. The highest BCUT2D eigenvalue weighted by Gasteiger charge is 2.26. The van der Waals surface area contributed by atoms with Gasteiger partial charge in [0.05, 0.1) is 19.3 Å². The Morgan fingerprint density at radius 3 is 2.61 bits per heavy atom. The predicted octanol–water partition coefficient (Wildman–Crippen LogP) is 0.822. The molecule has 6 nitrogen and oxygen atoms in total. The fourth-order valence-electron chi connectivity index (χ4n) is 2.52. The van der Waals surface area contributed by atoms with Crippen LogP contribution in [0.5, 0.6) is 0 Å². The lowest BCUT2D eigenvalue weighted by Crippen LogP contribution is -2.49. The average Bonchev–Trinajstić information content (AvgIpc) is 2.44. The fraction of sp³-hybridized carbons (Fsp3) is 0.467. The predicted molar refractivity (Wildman–Crippen MR) is 77.1 cm³/mol. The Morgan fingerprint density at radius 1 is 1.35 bits per heavy atom. The Balaban J connectivity index is 2.00. The van der Waals surface area contributed by atoms with Gasteiger partial charge < -0.3 is 14.7 Å². The highest BCUT2D eigenvalue weighted by molar-refractivity contribution is 5.94. The van der Waals surface area contributed by atoms with Crippen molar-refractivity contribution in [2.45, 2.75) is 6.10 Å². The van der Waals surface area contributed by atoms with Crippen LogP contribution in [-0.4, -0.2) is 72.7 Å². The number of amides is 1. The van der Waals surface area contributed by atoms with Gasteiger partial charge >= 0.3 is 5.97 Å². The number of halogens is 2. The molecule has 1 saturated heterocycles. The molecule has 1 aromatic carbocycles. The molecule has 0 spiro atoms. The zero-order valence-electron chi connectivity index (χ0n) is 12.7. The van der Waals surface area contributed by atoms with Gasteiger partial charge in [0.25, 0.3) is 5.91 Å². The number of hydrogen-bond donors (Lipinski definition) is 1. The number of likely N-dealkylation sites (N-methyl/N-ethyl adjacent to an activating group) is 1. The maximum absolute atomic E-state index is 13.2. The monoisotopic (exact) mass is 328 g/mol. The number of rotatable bonds is 5. The Bertz CT molecular complexity index is 577. The summed E-state index contributed by atoms with van der Waals surface area (Å²) in [5, 5.41) is 8.74. The van der Waals surface area contributed by atoms with Gasteiger partial charge in [0.1, 0.15) is 11.6 Å². The molecule has 1 N–H and O–H groups in total. The van der Waals surface area contributed by atoms with E-state index in [1.807, 2.05) is 0 Å². The number of hydrogen-bond acceptors (Lipinski definition) is 4. The molecule has 1 atom stereocenters. The topological polar surface area (TPSA) is 70.1 Å². The maximum atomic E-state index is 13.2. The molecule has 1 aliphatic rings. The van der Waals surface area contributed by atoms with E-state index < -0.39 is 23.5 Å². The summed E-state index contributed by atoms with van der Waals surface area (Å²) in [5.41, 5.74) is -0.0537. The van der Waals surface area contributed by atoms with Crippen molar-refractivity contribution in [2.24, 2.45) is 0 Å². The molecule has 23 heavy (non-hydrogen) atoms. The molecule has 0 aliphatic carbocycles. The lowest BCUT2D eigenvalue weighted by molar-refractivity contribution is -0.138. The smallest absolute Gasteiger partial charge is 0.317 e. The van der Waals surface area contributed by atoms with Gasteiger partial charge in [-0.05, 0) is 19.2 Å². The molecule has 0 bridgehead atoms. The van der Waals surface area contributed by atoms with Gasteiger partial charge in [-0.25, -0.2) is 8.78 Å². The number of carbonyl (C=O) groups excluding carboxylic acids is 1. The van der Waals surface area contributed by atoms with Crippen molar-refractivity contribution in [3.8, 4) is 0 Å². The van der Waals surface area contributed by atoms with Gasteiger partial charge in [0.2, 0.25) is 0 Å². The Labute approximate surface area is 132 Å². The van der Waals surface area contributed by atoms with Crippen molar-refractivity contribution in [3.05, 3.63) is 35.4 Å². The third kappa shape index (κ3) is 4.97. The molecule has 1 amide bonds. The SMILES string of the molecule is CN(CC(=O)O)CC1CN(C(=O)c2cc(F)cc(F)c2)CCO1. The second kappa shape index (κ2) is 7.47. The van der Waals surface area contributed by atoms with Crippen LogP contribution in [0, 0.1) is 11.6 Å². The second-order valence-electron chi connectivity index (χ2n) is 5.49. The summed E-state index contributed by atoms with van der Waals surface area (Å²) < 4.78 is 32.0. The molecule has 1 fully saturated rings. The Kier molecular flexibility index (Phi) is 5.62. The standard InChI is InChI=1S/C15H18F2N2O4/c1-18(9-14(20)21)7-13-8-19(2-3-23-13)15(22)10-4-11(16)6-12(17)5-10/h4-6,13H,2-3,7-9H2,1H3,(H,20,21). The number of benzene rings is 1. The van der Waals surface area contributed by atoms with Crippen LogP contribution in [0.15, 0.2) is 18.2 Å². The van der Waals surface area contributed by atoms with Crippen molar-refractivity contribution in [1.82, 2.24) is 9.80 Å². The number of aliphatic carboxylic acids is 1. The first-order valence-electron chi connectivity index (χ1n) is 7.12. The quantitative estimate of drug-likeness (QED) is 0.867. The Hall–Kier alpha value is -2.06. The van der Waals surface area contributed by atoms with Crippen LogP contribution >= 0.6 is 0 Å². The molecular weight excluding hydrogens is 310 g/mol. The summed E-state index contributed by atoms with van der Waals surface area (Å²) in [6, 6.07) is 2.69.